The normalized spacial score (nSPS) is 19.0. The molecular formula is C26H27F3N6O4S. The van der Waals surface area contributed by atoms with E-state index >= 15 is 0 Å². The second-order valence-corrected chi connectivity index (χ2v) is 10.8. The summed E-state index contributed by atoms with van der Waals surface area (Å²) in [5, 5.41) is 15.2. The minimum Gasteiger partial charge on any atom is -0.326 e. The largest absolute Gasteiger partial charge is 0.522 e. The third kappa shape index (κ3) is 7.31. The van der Waals surface area contributed by atoms with Crippen molar-refractivity contribution in [2.24, 2.45) is 0 Å². The molecule has 2 saturated heterocycles. The maximum Gasteiger partial charge on any atom is 0.522 e. The average molecular weight is 577 g/mol. The van der Waals surface area contributed by atoms with Gasteiger partial charge >= 0.3 is 6.36 Å². The SMILES string of the molecule is O=C1CCC(n2cc(-c3csc(CC(=O)Nc4ccc(CN5CCC(OC(F)(F)F)CC5)cc4)c3)nn2)C(=O)N1. The number of ether oxygens (including phenoxy) is 1. The van der Waals surface area contributed by atoms with E-state index in [-0.39, 0.29) is 24.7 Å². The predicted molar refractivity (Wildman–Crippen MR) is 139 cm³/mol. The molecule has 0 radical (unpaired) electrons. The van der Waals surface area contributed by atoms with Gasteiger partial charge in [-0.3, -0.25) is 29.3 Å². The molecule has 0 spiro atoms. The van der Waals surface area contributed by atoms with Gasteiger partial charge in [0.2, 0.25) is 11.8 Å². The molecule has 2 aliphatic heterocycles. The van der Waals surface area contributed by atoms with Gasteiger partial charge in [-0.1, -0.05) is 17.3 Å². The summed E-state index contributed by atoms with van der Waals surface area (Å²) in [6.07, 6.45) is -2.29. The Bertz CT molecular complexity index is 1370. The standard InChI is InChI=1S/C26H27F3N6O4S/c27-26(28,29)39-19-7-9-34(10-8-19)13-16-1-3-18(4-2-16)30-24(37)12-20-11-17(15-40-20)21-14-35(33-32-21)22-5-6-23(36)31-25(22)38/h1-4,11,14-15,19,22H,5-10,12-13H2,(H,30,37)(H,31,36,38). The third-order valence-electron chi connectivity index (χ3n) is 6.80. The lowest BCUT2D eigenvalue weighted by atomic mass is 10.1. The maximum atomic E-state index is 12.6. The zero-order valence-electron chi connectivity index (χ0n) is 21.3. The molecule has 5 rings (SSSR count). The van der Waals surface area contributed by atoms with E-state index in [0.717, 1.165) is 16.0 Å². The predicted octanol–water partition coefficient (Wildman–Crippen LogP) is 3.67. The summed E-state index contributed by atoms with van der Waals surface area (Å²) in [6, 6.07) is 8.67. The first-order valence-electron chi connectivity index (χ1n) is 12.8. The van der Waals surface area contributed by atoms with Gasteiger partial charge in [0.05, 0.1) is 18.7 Å². The van der Waals surface area contributed by atoms with Crippen LogP contribution in [0.3, 0.4) is 0 Å². The lowest BCUT2D eigenvalue weighted by Crippen LogP contribution is -2.41. The van der Waals surface area contributed by atoms with Gasteiger partial charge in [-0.15, -0.1) is 29.6 Å². The summed E-state index contributed by atoms with van der Waals surface area (Å²) in [5.74, 6) is -0.876. The van der Waals surface area contributed by atoms with Crippen molar-refractivity contribution in [3.8, 4) is 11.3 Å². The molecule has 4 heterocycles. The number of likely N-dealkylation sites (tertiary alicyclic amines) is 1. The smallest absolute Gasteiger partial charge is 0.326 e. The van der Waals surface area contributed by atoms with Gasteiger partial charge < -0.3 is 5.32 Å². The Balaban J connectivity index is 1.09. The minimum atomic E-state index is -4.60. The van der Waals surface area contributed by atoms with E-state index in [9.17, 15) is 27.6 Å². The number of halogens is 3. The molecule has 3 amide bonds. The lowest BCUT2D eigenvalue weighted by Gasteiger charge is -2.32. The number of aromatic nitrogens is 3. The number of hydrogen-bond donors (Lipinski definition) is 2. The molecule has 40 heavy (non-hydrogen) atoms. The molecule has 2 aliphatic rings. The number of rotatable bonds is 8. The Morgan fingerprint density at radius 1 is 1.15 bits per heavy atom. The number of nitrogens with zero attached hydrogens (tertiary/aromatic N) is 4. The van der Waals surface area contributed by atoms with Crippen LogP contribution in [0.25, 0.3) is 11.3 Å². The third-order valence-corrected chi connectivity index (χ3v) is 7.74. The fraction of sp³-hybridized carbons (Fsp3) is 0.423. The molecule has 2 aromatic heterocycles. The molecule has 2 N–H and O–H groups in total. The molecular weight excluding hydrogens is 549 g/mol. The highest BCUT2D eigenvalue weighted by Gasteiger charge is 2.35. The van der Waals surface area contributed by atoms with E-state index in [0.29, 0.717) is 50.3 Å². The number of alkyl halides is 3. The van der Waals surface area contributed by atoms with Crippen LogP contribution in [0, 0.1) is 0 Å². The van der Waals surface area contributed by atoms with Crippen LogP contribution in [0.5, 0.6) is 0 Å². The highest BCUT2D eigenvalue weighted by molar-refractivity contribution is 7.10. The number of thiophene rings is 1. The fourth-order valence-corrected chi connectivity index (χ4v) is 5.67. The minimum absolute atomic E-state index is 0.169. The van der Waals surface area contributed by atoms with Crippen LogP contribution in [0.15, 0.2) is 41.9 Å². The molecule has 10 nitrogen and oxygen atoms in total. The van der Waals surface area contributed by atoms with Gasteiger partial charge in [-0.2, -0.15) is 0 Å². The Hall–Kier alpha value is -3.62. The summed E-state index contributed by atoms with van der Waals surface area (Å²) in [5.41, 5.74) is 3.00. The first-order chi connectivity index (χ1) is 19.1. The molecule has 2 fully saturated rings. The molecule has 14 heteroatoms. The van der Waals surface area contributed by atoms with E-state index in [1.807, 2.05) is 23.6 Å². The van der Waals surface area contributed by atoms with Crippen LogP contribution < -0.4 is 10.6 Å². The quantitative estimate of drug-likeness (QED) is 0.393. The van der Waals surface area contributed by atoms with Gasteiger partial charge in [0.1, 0.15) is 11.7 Å². The number of benzene rings is 1. The number of imide groups is 1. The summed E-state index contributed by atoms with van der Waals surface area (Å²) >= 11 is 1.42. The second-order valence-electron chi connectivity index (χ2n) is 9.81. The van der Waals surface area contributed by atoms with Crippen molar-refractivity contribution in [1.82, 2.24) is 25.2 Å². The molecule has 1 aromatic carbocycles. The zero-order chi connectivity index (χ0) is 28.3. The number of carbonyl (C=O) groups excluding carboxylic acids is 3. The number of anilines is 1. The summed E-state index contributed by atoms with van der Waals surface area (Å²) < 4.78 is 42.8. The van der Waals surface area contributed by atoms with Gasteiger partial charge in [-0.25, -0.2) is 4.68 Å². The summed E-state index contributed by atoms with van der Waals surface area (Å²) in [7, 11) is 0. The van der Waals surface area contributed by atoms with Gasteiger partial charge in [-0.05, 0) is 43.0 Å². The van der Waals surface area contributed by atoms with Gasteiger partial charge in [0.25, 0.3) is 5.91 Å². The molecule has 1 atom stereocenters. The van der Waals surface area contributed by atoms with Crippen LogP contribution in [-0.2, 0) is 32.1 Å². The van der Waals surface area contributed by atoms with Crippen molar-refractivity contribution < 1.29 is 32.3 Å². The maximum absolute atomic E-state index is 12.6. The molecule has 212 valence electrons. The Morgan fingerprint density at radius 3 is 2.60 bits per heavy atom. The topological polar surface area (TPSA) is 118 Å². The highest BCUT2D eigenvalue weighted by atomic mass is 32.1. The summed E-state index contributed by atoms with van der Waals surface area (Å²) in [4.78, 5) is 39.0. The Kier molecular flexibility index (Phi) is 8.28. The van der Waals surface area contributed by atoms with Crippen molar-refractivity contribution in [3.05, 3.63) is 52.3 Å². The first-order valence-corrected chi connectivity index (χ1v) is 13.7. The number of nitrogens with one attached hydrogen (secondary N) is 2. The Labute approximate surface area is 231 Å². The average Bonchev–Trinajstić information content (AvgIpc) is 3.55. The van der Waals surface area contributed by atoms with Crippen molar-refractivity contribution in [1.29, 1.82) is 0 Å². The molecule has 3 aromatic rings. The number of piperidine rings is 2. The highest BCUT2D eigenvalue weighted by Crippen LogP contribution is 2.27. The number of carbonyl (C=O) groups is 3. The molecule has 0 saturated carbocycles. The van der Waals surface area contributed by atoms with Gasteiger partial charge in [0, 0.05) is 47.6 Å². The summed E-state index contributed by atoms with van der Waals surface area (Å²) in [6.45, 7) is 1.66. The van der Waals surface area contributed by atoms with Crippen LogP contribution in [0.4, 0.5) is 18.9 Å². The zero-order valence-corrected chi connectivity index (χ0v) is 22.1. The molecule has 0 bridgehead atoms. The molecule has 0 aliphatic carbocycles. The van der Waals surface area contributed by atoms with Crippen molar-refractivity contribution in [3.63, 3.8) is 0 Å². The van der Waals surface area contributed by atoms with Crippen LogP contribution in [-0.4, -0.2) is 63.2 Å². The van der Waals surface area contributed by atoms with E-state index in [2.05, 4.69) is 30.6 Å². The van der Waals surface area contributed by atoms with Crippen LogP contribution in [0.2, 0.25) is 0 Å². The Morgan fingerprint density at radius 2 is 1.90 bits per heavy atom. The number of hydrogen-bond acceptors (Lipinski definition) is 8. The number of amides is 3. The second kappa shape index (κ2) is 11.9. The van der Waals surface area contributed by atoms with E-state index < -0.39 is 24.4 Å². The van der Waals surface area contributed by atoms with Crippen molar-refractivity contribution in [2.45, 2.75) is 57.2 Å². The van der Waals surface area contributed by atoms with Crippen LogP contribution in [0.1, 0.15) is 42.2 Å². The fourth-order valence-electron chi connectivity index (χ4n) is 4.79. The lowest BCUT2D eigenvalue weighted by molar-refractivity contribution is -0.345. The van der Waals surface area contributed by atoms with E-state index in [1.54, 1.807) is 18.3 Å². The van der Waals surface area contributed by atoms with Gasteiger partial charge in [0.15, 0.2) is 0 Å². The van der Waals surface area contributed by atoms with Crippen LogP contribution >= 0.6 is 11.3 Å². The first kappa shape index (κ1) is 27.9. The van der Waals surface area contributed by atoms with Crippen molar-refractivity contribution in [2.75, 3.05) is 18.4 Å². The van der Waals surface area contributed by atoms with E-state index in [1.165, 1.54) is 16.0 Å². The van der Waals surface area contributed by atoms with E-state index in [4.69, 9.17) is 0 Å². The van der Waals surface area contributed by atoms with Crippen molar-refractivity contribution >= 4 is 34.7 Å². The molecule has 1 unspecified atom stereocenters. The monoisotopic (exact) mass is 576 g/mol.